The lowest BCUT2D eigenvalue weighted by molar-refractivity contribution is -0.0727. The third-order valence-corrected chi connectivity index (χ3v) is 2.00. The molecule has 11 heavy (non-hydrogen) atoms. The Kier molecular flexibility index (Phi) is 4.74. The number of ether oxygens (including phenoxy) is 1. The van der Waals surface area contributed by atoms with Crippen LogP contribution in [0.4, 0.5) is 0 Å². The maximum absolute atomic E-state index is 5.58. The zero-order valence-electron chi connectivity index (χ0n) is 8.61. The van der Waals surface area contributed by atoms with Crippen LogP contribution >= 0.6 is 0 Å². The summed E-state index contributed by atoms with van der Waals surface area (Å²) in [7, 11) is 0. The number of rotatable bonds is 0. The highest BCUT2D eigenvalue weighted by Crippen LogP contribution is 2.26. The van der Waals surface area contributed by atoms with Crippen LogP contribution in [-0.4, -0.2) is 12.2 Å². The van der Waals surface area contributed by atoms with E-state index in [9.17, 15) is 0 Å². The van der Waals surface area contributed by atoms with Crippen molar-refractivity contribution in [3.8, 4) is 0 Å². The van der Waals surface area contributed by atoms with Gasteiger partial charge < -0.3 is 4.74 Å². The quantitative estimate of drug-likeness (QED) is 0.526. The Balaban J connectivity index is 0.000000461. The summed E-state index contributed by atoms with van der Waals surface area (Å²) >= 11 is 0. The largest absolute Gasteiger partial charge is 0.375 e. The van der Waals surface area contributed by atoms with E-state index in [-0.39, 0.29) is 5.60 Å². The fourth-order valence-electron chi connectivity index (χ4n) is 1.12. The molecule has 1 aliphatic heterocycles. The second kappa shape index (κ2) is 4.76. The van der Waals surface area contributed by atoms with Crippen LogP contribution in [0.25, 0.3) is 0 Å². The molecule has 1 nitrogen and oxygen atoms in total. The molecule has 0 aromatic heterocycles. The van der Waals surface area contributed by atoms with Crippen molar-refractivity contribution in [2.24, 2.45) is 5.92 Å². The molecule has 0 bridgehead atoms. The minimum absolute atomic E-state index is 0.159. The van der Waals surface area contributed by atoms with E-state index in [0.29, 0.717) is 0 Å². The molecule has 1 heterocycles. The lowest BCUT2D eigenvalue weighted by Crippen LogP contribution is -2.32. The van der Waals surface area contributed by atoms with Crippen LogP contribution in [0.15, 0.2) is 0 Å². The minimum atomic E-state index is 0.159. The molecule has 0 aliphatic carbocycles. The van der Waals surface area contributed by atoms with Crippen LogP contribution in [0.1, 0.15) is 47.5 Å². The molecule has 1 rings (SSSR count). The van der Waals surface area contributed by atoms with Crippen molar-refractivity contribution in [1.82, 2.24) is 0 Å². The lowest BCUT2D eigenvalue weighted by Gasteiger charge is -2.33. The molecule has 1 unspecified atom stereocenters. The van der Waals surface area contributed by atoms with E-state index < -0.39 is 0 Å². The molecular weight excluding hydrogens is 136 g/mol. The molecule has 1 atom stereocenters. The van der Waals surface area contributed by atoms with E-state index in [4.69, 9.17) is 4.74 Å². The van der Waals surface area contributed by atoms with Crippen molar-refractivity contribution < 1.29 is 4.74 Å². The maximum Gasteiger partial charge on any atom is 0.0626 e. The molecule has 0 saturated carbocycles. The van der Waals surface area contributed by atoms with E-state index in [1.165, 1.54) is 12.8 Å². The summed E-state index contributed by atoms with van der Waals surface area (Å²) in [6.07, 6.45) is 2.54. The molecule has 68 valence electrons. The van der Waals surface area contributed by atoms with Gasteiger partial charge in [0.25, 0.3) is 0 Å². The summed E-state index contributed by atoms with van der Waals surface area (Å²) in [6, 6.07) is 0. The Labute approximate surface area is 71.1 Å². The molecule has 0 amide bonds. The summed E-state index contributed by atoms with van der Waals surface area (Å²) in [4.78, 5) is 0. The van der Waals surface area contributed by atoms with Crippen molar-refractivity contribution in [3.63, 3.8) is 0 Å². The molecule has 1 fully saturated rings. The topological polar surface area (TPSA) is 9.23 Å². The van der Waals surface area contributed by atoms with Gasteiger partial charge in [0.05, 0.1) is 5.60 Å². The van der Waals surface area contributed by atoms with Gasteiger partial charge >= 0.3 is 0 Å². The van der Waals surface area contributed by atoms with Crippen molar-refractivity contribution >= 4 is 0 Å². The van der Waals surface area contributed by atoms with Gasteiger partial charge in [0.1, 0.15) is 0 Å². The van der Waals surface area contributed by atoms with E-state index >= 15 is 0 Å². The molecule has 1 heteroatoms. The summed E-state index contributed by atoms with van der Waals surface area (Å²) < 4.78 is 5.58. The van der Waals surface area contributed by atoms with Crippen LogP contribution in [0.2, 0.25) is 0 Å². The van der Waals surface area contributed by atoms with Gasteiger partial charge in [-0.25, -0.2) is 0 Å². The van der Waals surface area contributed by atoms with Crippen molar-refractivity contribution in [2.75, 3.05) is 6.61 Å². The molecule has 0 spiro atoms. The van der Waals surface area contributed by atoms with Gasteiger partial charge in [-0.15, -0.1) is 0 Å². The van der Waals surface area contributed by atoms with Crippen molar-refractivity contribution in [2.45, 2.75) is 53.1 Å². The minimum Gasteiger partial charge on any atom is -0.375 e. The third kappa shape index (κ3) is 4.41. The SMILES string of the molecule is CC.CC1CCC(C)(C)OC1. The van der Waals surface area contributed by atoms with Gasteiger partial charge in [0.2, 0.25) is 0 Å². The zero-order chi connectivity index (χ0) is 8.91. The summed E-state index contributed by atoms with van der Waals surface area (Å²) in [5.74, 6) is 0.776. The predicted molar refractivity (Wildman–Crippen MR) is 49.8 cm³/mol. The molecule has 0 N–H and O–H groups in total. The highest BCUT2D eigenvalue weighted by Gasteiger charge is 2.24. The first kappa shape index (κ1) is 11.0. The van der Waals surface area contributed by atoms with Gasteiger partial charge in [-0.05, 0) is 32.6 Å². The number of hydrogen-bond acceptors (Lipinski definition) is 1. The Morgan fingerprint density at radius 2 is 1.82 bits per heavy atom. The van der Waals surface area contributed by atoms with Gasteiger partial charge in [-0.1, -0.05) is 20.8 Å². The fraction of sp³-hybridized carbons (Fsp3) is 1.00. The van der Waals surface area contributed by atoms with Crippen LogP contribution in [0.5, 0.6) is 0 Å². The summed E-state index contributed by atoms with van der Waals surface area (Å²) in [5, 5.41) is 0. The highest BCUT2D eigenvalue weighted by molar-refractivity contribution is 4.74. The van der Waals surface area contributed by atoms with Gasteiger partial charge in [-0.3, -0.25) is 0 Å². The smallest absolute Gasteiger partial charge is 0.0626 e. The standard InChI is InChI=1S/C8H16O.C2H6/c1-7-4-5-8(2,3)9-6-7;1-2/h7H,4-6H2,1-3H3;1-2H3. The second-order valence-electron chi connectivity index (χ2n) is 3.71. The van der Waals surface area contributed by atoms with E-state index in [1.807, 2.05) is 13.8 Å². The molecule has 0 radical (unpaired) electrons. The molecule has 0 aromatic rings. The van der Waals surface area contributed by atoms with Gasteiger partial charge in [0, 0.05) is 6.61 Å². The molecule has 1 aliphatic rings. The second-order valence-corrected chi connectivity index (χ2v) is 3.71. The Morgan fingerprint density at radius 3 is 2.09 bits per heavy atom. The van der Waals surface area contributed by atoms with Crippen LogP contribution in [-0.2, 0) is 4.74 Å². The van der Waals surface area contributed by atoms with E-state index in [1.54, 1.807) is 0 Å². The fourth-order valence-corrected chi connectivity index (χ4v) is 1.12. The lowest BCUT2D eigenvalue weighted by atomic mass is 9.93. The summed E-state index contributed by atoms with van der Waals surface area (Å²) in [5.41, 5.74) is 0.159. The third-order valence-electron chi connectivity index (χ3n) is 2.00. The van der Waals surface area contributed by atoms with Crippen LogP contribution in [0, 0.1) is 5.92 Å². The first-order valence-corrected chi connectivity index (χ1v) is 4.74. The van der Waals surface area contributed by atoms with Gasteiger partial charge in [-0.2, -0.15) is 0 Å². The predicted octanol–water partition coefficient (Wildman–Crippen LogP) is 3.24. The Hall–Kier alpha value is -0.0400. The average Bonchev–Trinajstić information content (AvgIpc) is 2.00. The average molecular weight is 158 g/mol. The Morgan fingerprint density at radius 1 is 1.27 bits per heavy atom. The van der Waals surface area contributed by atoms with Crippen molar-refractivity contribution in [3.05, 3.63) is 0 Å². The van der Waals surface area contributed by atoms with Crippen molar-refractivity contribution in [1.29, 1.82) is 0 Å². The number of hydrogen-bond donors (Lipinski definition) is 0. The van der Waals surface area contributed by atoms with E-state index in [2.05, 4.69) is 20.8 Å². The normalized spacial score (nSPS) is 28.6. The molecular formula is C10H22O. The van der Waals surface area contributed by atoms with Crippen LogP contribution < -0.4 is 0 Å². The summed E-state index contributed by atoms with van der Waals surface area (Å²) in [6.45, 7) is 11.5. The molecule has 0 aromatic carbocycles. The van der Waals surface area contributed by atoms with Gasteiger partial charge in [0.15, 0.2) is 0 Å². The molecule has 1 saturated heterocycles. The first-order chi connectivity index (χ1) is 5.10. The highest BCUT2D eigenvalue weighted by atomic mass is 16.5. The van der Waals surface area contributed by atoms with E-state index in [0.717, 1.165) is 12.5 Å². The zero-order valence-corrected chi connectivity index (χ0v) is 8.61. The first-order valence-electron chi connectivity index (χ1n) is 4.74. The Bertz CT molecular complexity index is 87.0. The van der Waals surface area contributed by atoms with Crippen LogP contribution in [0.3, 0.4) is 0 Å². The maximum atomic E-state index is 5.58. The monoisotopic (exact) mass is 158 g/mol.